The molecule has 1 aliphatic rings. The second kappa shape index (κ2) is 7.46. The first-order valence-corrected chi connectivity index (χ1v) is 9.42. The molecule has 6 nitrogen and oxygen atoms in total. The number of amides is 1. The third kappa shape index (κ3) is 3.76. The van der Waals surface area contributed by atoms with E-state index in [1.807, 2.05) is 0 Å². The summed E-state index contributed by atoms with van der Waals surface area (Å²) >= 11 is 2.87. The molecule has 0 saturated heterocycles. The number of ether oxygens (including phenoxy) is 1. The van der Waals surface area contributed by atoms with Crippen LogP contribution in [0.5, 0.6) is 0 Å². The summed E-state index contributed by atoms with van der Waals surface area (Å²) in [5.74, 6) is 0.128. The van der Waals surface area contributed by atoms with Crippen LogP contribution in [0.3, 0.4) is 0 Å². The van der Waals surface area contributed by atoms with Crippen LogP contribution in [0.2, 0.25) is 0 Å². The number of methoxy groups -OCH3 is 1. The summed E-state index contributed by atoms with van der Waals surface area (Å²) < 4.78 is 4.88. The zero-order valence-corrected chi connectivity index (χ0v) is 14.6. The van der Waals surface area contributed by atoms with E-state index in [2.05, 4.69) is 15.3 Å². The van der Waals surface area contributed by atoms with Crippen LogP contribution in [-0.4, -0.2) is 41.9 Å². The van der Waals surface area contributed by atoms with Crippen molar-refractivity contribution in [2.24, 2.45) is 0 Å². The number of rotatable bonds is 6. The Bertz CT molecular complexity index is 769. The van der Waals surface area contributed by atoms with Crippen molar-refractivity contribution in [2.45, 2.75) is 30.8 Å². The number of thiophene rings is 1. The Kier molecular flexibility index (Phi) is 5.34. The molecule has 0 aromatic carbocycles. The van der Waals surface area contributed by atoms with Gasteiger partial charge in [-0.15, -0.1) is 11.3 Å². The largest absolute Gasteiger partial charge is 0.383 e. The predicted octanol–water partition coefficient (Wildman–Crippen LogP) is 1.72. The fourth-order valence-electron chi connectivity index (χ4n) is 2.69. The Hall–Kier alpha value is -1.38. The van der Waals surface area contributed by atoms with Crippen LogP contribution >= 0.6 is 23.1 Å². The van der Waals surface area contributed by atoms with E-state index >= 15 is 0 Å². The van der Waals surface area contributed by atoms with Crippen molar-refractivity contribution < 1.29 is 9.53 Å². The monoisotopic (exact) mass is 353 g/mol. The highest BCUT2D eigenvalue weighted by Gasteiger charge is 2.19. The fourth-order valence-corrected chi connectivity index (χ4v) is 4.70. The molecule has 0 radical (unpaired) electrons. The number of nitrogens with one attached hydrogen (secondary N) is 2. The third-order valence-electron chi connectivity index (χ3n) is 3.77. The van der Waals surface area contributed by atoms with Gasteiger partial charge in [-0.2, -0.15) is 0 Å². The van der Waals surface area contributed by atoms with E-state index in [4.69, 9.17) is 4.74 Å². The van der Waals surface area contributed by atoms with Crippen molar-refractivity contribution in [1.82, 2.24) is 15.3 Å². The summed E-state index contributed by atoms with van der Waals surface area (Å²) in [4.78, 5) is 33.5. The van der Waals surface area contributed by atoms with Crippen LogP contribution in [0.1, 0.15) is 23.3 Å². The number of fused-ring (bicyclic) bond motifs is 3. The molecule has 2 N–H and O–H groups in total. The maximum absolute atomic E-state index is 12.4. The van der Waals surface area contributed by atoms with E-state index in [-0.39, 0.29) is 17.2 Å². The van der Waals surface area contributed by atoms with Gasteiger partial charge in [0.05, 0.1) is 17.7 Å². The van der Waals surface area contributed by atoms with Crippen molar-refractivity contribution in [3.8, 4) is 0 Å². The minimum absolute atomic E-state index is 0.0864. The van der Waals surface area contributed by atoms with Gasteiger partial charge in [0.25, 0.3) is 5.56 Å². The lowest BCUT2D eigenvalue weighted by atomic mass is 9.97. The van der Waals surface area contributed by atoms with Gasteiger partial charge < -0.3 is 15.0 Å². The first kappa shape index (κ1) is 16.5. The molecule has 0 atom stereocenters. The quantitative estimate of drug-likeness (QED) is 0.469. The molecule has 124 valence electrons. The average molecular weight is 353 g/mol. The Morgan fingerprint density at radius 3 is 3.09 bits per heavy atom. The number of aromatic nitrogens is 2. The Morgan fingerprint density at radius 1 is 1.43 bits per heavy atom. The van der Waals surface area contributed by atoms with Gasteiger partial charge in [0, 0.05) is 18.5 Å². The molecule has 2 heterocycles. The zero-order valence-electron chi connectivity index (χ0n) is 12.9. The standard InChI is InChI=1S/C15H19N3O3S2/c1-21-7-6-16-11(19)8-22-15-17-13(20)12-9-4-2-3-5-10(9)23-14(12)18-15/h2-8H2,1H3,(H,16,19)(H,17,18,20). The van der Waals surface area contributed by atoms with Crippen molar-refractivity contribution in [2.75, 3.05) is 26.0 Å². The zero-order chi connectivity index (χ0) is 16.2. The molecule has 0 fully saturated rings. The molecule has 0 aliphatic heterocycles. The lowest BCUT2D eigenvalue weighted by Crippen LogP contribution is -2.28. The highest BCUT2D eigenvalue weighted by atomic mass is 32.2. The molecule has 1 amide bonds. The number of hydrogen-bond acceptors (Lipinski definition) is 6. The van der Waals surface area contributed by atoms with Crippen molar-refractivity contribution in [1.29, 1.82) is 0 Å². The summed E-state index contributed by atoms with van der Waals surface area (Å²) in [5, 5.41) is 3.99. The van der Waals surface area contributed by atoms with Gasteiger partial charge in [-0.05, 0) is 31.2 Å². The van der Waals surface area contributed by atoms with E-state index in [1.54, 1.807) is 18.4 Å². The molecule has 0 unspecified atom stereocenters. The molecular weight excluding hydrogens is 334 g/mol. The van der Waals surface area contributed by atoms with E-state index < -0.39 is 0 Å². The van der Waals surface area contributed by atoms with Gasteiger partial charge in [0.2, 0.25) is 5.91 Å². The Morgan fingerprint density at radius 2 is 2.26 bits per heavy atom. The number of aromatic amines is 1. The molecule has 2 aromatic heterocycles. The maximum atomic E-state index is 12.4. The summed E-state index contributed by atoms with van der Waals surface area (Å²) in [5.41, 5.74) is 1.09. The lowest BCUT2D eigenvalue weighted by molar-refractivity contribution is -0.118. The molecular formula is C15H19N3O3S2. The minimum Gasteiger partial charge on any atom is -0.383 e. The van der Waals surface area contributed by atoms with E-state index in [9.17, 15) is 9.59 Å². The van der Waals surface area contributed by atoms with Crippen molar-refractivity contribution in [3.63, 3.8) is 0 Å². The lowest BCUT2D eigenvalue weighted by Gasteiger charge is -2.09. The third-order valence-corrected chi connectivity index (χ3v) is 5.83. The average Bonchev–Trinajstić information content (AvgIpc) is 2.92. The normalized spacial score (nSPS) is 14.0. The number of nitrogens with zero attached hydrogens (tertiary/aromatic N) is 1. The first-order valence-electron chi connectivity index (χ1n) is 7.62. The van der Waals surface area contributed by atoms with Crippen LogP contribution in [0.25, 0.3) is 10.2 Å². The van der Waals surface area contributed by atoms with Gasteiger partial charge >= 0.3 is 0 Å². The molecule has 8 heteroatoms. The molecule has 2 aromatic rings. The highest BCUT2D eigenvalue weighted by Crippen LogP contribution is 2.34. The number of carbonyl (C=O) groups is 1. The van der Waals surface area contributed by atoms with Crippen molar-refractivity contribution >= 4 is 39.2 Å². The maximum Gasteiger partial charge on any atom is 0.260 e. The molecule has 1 aliphatic carbocycles. The fraction of sp³-hybridized carbons (Fsp3) is 0.533. The molecule has 0 bridgehead atoms. The summed E-state index contributed by atoms with van der Waals surface area (Å²) in [6, 6.07) is 0. The van der Waals surface area contributed by atoms with Crippen molar-refractivity contribution in [3.05, 3.63) is 20.8 Å². The SMILES string of the molecule is COCCNC(=O)CSc1nc2sc3c(c2c(=O)[nH]1)CCCC3. The van der Waals surface area contributed by atoms with Crippen LogP contribution in [-0.2, 0) is 22.4 Å². The van der Waals surface area contributed by atoms with Gasteiger partial charge in [0.15, 0.2) is 5.16 Å². The Labute approximate surface area is 142 Å². The molecule has 0 saturated carbocycles. The predicted molar refractivity (Wildman–Crippen MR) is 92.5 cm³/mol. The summed E-state index contributed by atoms with van der Waals surface area (Å²) in [6.45, 7) is 0.967. The minimum atomic E-state index is -0.0970. The van der Waals surface area contributed by atoms with Crippen LogP contribution in [0.4, 0.5) is 0 Å². The number of hydrogen-bond donors (Lipinski definition) is 2. The van der Waals surface area contributed by atoms with Crippen LogP contribution in [0, 0.1) is 0 Å². The van der Waals surface area contributed by atoms with Gasteiger partial charge in [-0.3, -0.25) is 9.59 Å². The smallest absolute Gasteiger partial charge is 0.260 e. The van der Waals surface area contributed by atoms with E-state index in [0.29, 0.717) is 18.3 Å². The number of aryl methyl sites for hydroxylation is 2. The van der Waals surface area contributed by atoms with Crippen LogP contribution < -0.4 is 10.9 Å². The Balaban J connectivity index is 1.73. The van der Waals surface area contributed by atoms with E-state index in [0.717, 1.165) is 29.5 Å². The van der Waals surface area contributed by atoms with Gasteiger partial charge in [-0.25, -0.2) is 4.98 Å². The number of H-pyrrole nitrogens is 1. The second-order valence-corrected chi connectivity index (χ2v) is 7.44. The number of carbonyl (C=O) groups excluding carboxylic acids is 1. The van der Waals surface area contributed by atoms with E-state index in [1.165, 1.54) is 28.6 Å². The summed E-state index contributed by atoms with van der Waals surface area (Å²) in [7, 11) is 1.59. The van der Waals surface area contributed by atoms with Gasteiger partial charge in [-0.1, -0.05) is 11.8 Å². The first-order chi connectivity index (χ1) is 11.2. The number of thioether (sulfide) groups is 1. The topological polar surface area (TPSA) is 84.1 Å². The molecule has 3 rings (SSSR count). The highest BCUT2D eigenvalue weighted by molar-refractivity contribution is 7.99. The molecule has 0 spiro atoms. The van der Waals surface area contributed by atoms with Gasteiger partial charge in [0.1, 0.15) is 4.83 Å². The second-order valence-electron chi connectivity index (χ2n) is 5.39. The van der Waals surface area contributed by atoms with Crippen LogP contribution in [0.15, 0.2) is 9.95 Å². The molecule has 23 heavy (non-hydrogen) atoms. The summed E-state index contributed by atoms with van der Waals surface area (Å²) in [6.07, 6.45) is 4.33.